The maximum absolute atomic E-state index is 11.7. The van der Waals surface area contributed by atoms with E-state index in [2.05, 4.69) is 4.74 Å². The summed E-state index contributed by atoms with van der Waals surface area (Å²) >= 11 is 0. The molecule has 7 heteroatoms. The number of alkyl halides is 3. The van der Waals surface area contributed by atoms with Crippen LogP contribution >= 0.6 is 0 Å². The second-order valence-electron chi connectivity index (χ2n) is 3.64. The fourth-order valence-electron chi connectivity index (χ4n) is 1.47. The lowest BCUT2D eigenvalue weighted by molar-refractivity contribution is -0.127. The van der Waals surface area contributed by atoms with Gasteiger partial charge < -0.3 is 9.64 Å². The lowest BCUT2D eigenvalue weighted by atomic mass is 10.1. The van der Waals surface area contributed by atoms with Crippen LogP contribution in [0.5, 0.6) is 0 Å². The summed E-state index contributed by atoms with van der Waals surface area (Å²) in [7, 11) is 0. The third-order valence-electron chi connectivity index (χ3n) is 2.24. The first-order valence-corrected chi connectivity index (χ1v) is 5.18. The number of likely N-dealkylation sites (tertiary alicyclic amines) is 1. The van der Waals surface area contributed by atoms with Gasteiger partial charge in [0.2, 0.25) is 0 Å². The molecule has 0 radical (unpaired) electrons. The lowest BCUT2D eigenvalue weighted by Crippen LogP contribution is -2.39. The van der Waals surface area contributed by atoms with E-state index in [1.54, 1.807) is 0 Å². The smallest absolute Gasteiger partial charge is 0.411 e. The number of rotatable bonds is 3. The summed E-state index contributed by atoms with van der Waals surface area (Å²) in [6.07, 6.45) is -1.90. The molecule has 1 N–H and O–H groups in total. The van der Waals surface area contributed by atoms with Crippen molar-refractivity contribution in [3.63, 3.8) is 0 Å². The Bertz CT molecular complexity index is 227. The van der Waals surface area contributed by atoms with Crippen LogP contribution in [0.4, 0.5) is 18.0 Å². The van der Waals surface area contributed by atoms with Crippen molar-refractivity contribution in [3.05, 3.63) is 0 Å². The van der Waals surface area contributed by atoms with Crippen molar-refractivity contribution in [1.82, 2.24) is 10.2 Å². The molecule has 1 aliphatic rings. The molecular formula is C9H15F3N2O2. The van der Waals surface area contributed by atoms with E-state index in [-0.39, 0.29) is 0 Å². The van der Waals surface area contributed by atoms with Gasteiger partial charge in [-0.15, -0.1) is 0 Å². The fourth-order valence-corrected chi connectivity index (χ4v) is 1.47. The highest BCUT2D eigenvalue weighted by Crippen LogP contribution is 2.12. The molecule has 94 valence electrons. The van der Waals surface area contributed by atoms with Crippen LogP contribution in [-0.2, 0) is 4.74 Å². The zero-order valence-electron chi connectivity index (χ0n) is 8.85. The highest BCUT2D eigenvalue weighted by atomic mass is 19.4. The number of nitrogens with one attached hydrogen (secondary N) is 1. The molecule has 4 nitrogen and oxygen atoms in total. The number of carbonyl (C=O) groups excluding carboxylic acids is 1. The van der Waals surface area contributed by atoms with Crippen molar-refractivity contribution >= 4 is 6.09 Å². The van der Waals surface area contributed by atoms with E-state index < -0.39 is 25.5 Å². The molecule has 16 heavy (non-hydrogen) atoms. The first-order chi connectivity index (χ1) is 7.49. The van der Waals surface area contributed by atoms with Gasteiger partial charge in [0, 0.05) is 13.1 Å². The van der Waals surface area contributed by atoms with Gasteiger partial charge in [0.1, 0.15) is 6.73 Å². The van der Waals surface area contributed by atoms with Crippen molar-refractivity contribution in [3.8, 4) is 0 Å². The van der Waals surface area contributed by atoms with Gasteiger partial charge in [-0.1, -0.05) is 0 Å². The van der Waals surface area contributed by atoms with Gasteiger partial charge in [-0.05, 0) is 19.3 Å². The summed E-state index contributed by atoms with van der Waals surface area (Å²) in [5, 5.41) is 2.00. The van der Waals surface area contributed by atoms with Gasteiger partial charge in [-0.3, -0.25) is 5.32 Å². The van der Waals surface area contributed by atoms with Crippen LogP contribution in [0.25, 0.3) is 0 Å². The Morgan fingerprint density at radius 3 is 2.44 bits per heavy atom. The van der Waals surface area contributed by atoms with Gasteiger partial charge in [0.25, 0.3) is 0 Å². The normalized spacial score (nSPS) is 17.3. The van der Waals surface area contributed by atoms with E-state index >= 15 is 0 Å². The molecule has 1 heterocycles. The van der Waals surface area contributed by atoms with Crippen molar-refractivity contribution in [2.24, 2.45) is 0 Å². The number of halogens is 3. The molecule has 0 saturated carbocycles. The third-order valence-corrected chi connectivity index (χ3v) is 2.24. The van der Waals surface area contributed by atoms with Crippen LogP contribution in [0, 0.1) is 0 Å². The van der Waals surface area contributed by atoms with Crippen LogP contribution in [0.3, 0.4) is 0 Å². The summed E-state index contributed by atoms with van der Waals surface area (Å²) in [4.78, 5) is 12.8. The molecule has 0 atom stereocenters. The number of piperidine rings is 1. The first kappa shape index (κ1) is 13.1. The molecule has 0 spiro atoms. The van der Waals surface area contributed by atoms with Crippen molar-refractivity contribution in [1.29, 1.82) is 0 Å². The molecule has 0 bridgehead atoms. The van der Waals surface area contributed by atoms with Gasteiger partial charge in [0.15, 0.2) is 0 Å². The maximum Gasteiger partial charge on any atom is 0.411 e. The summed E-state index contributed by atoms with van der Waals surface area (Å²) in [5.41, 5.74) is 0. The molecule has 1 aliphatic heterocycles. The van der Waals surface area contributed by atoms with Gasteiger partial charge in [0.05, 0.1) is 6.54 Å². The minimum Gasteiger partial charge on any atom is -0.433 e. The Kier molecular flexibility index (Phi) is 4.85. The molecule has 0 unspecified atom stereocenters. The Morgan fingerprint density at radius 2 is 1.88 bits per heavy atom. The van der Waals surface area contributed by atoms with Crippen molar-refractivity contribution in [2.45, 2.75) is 25.4 Å². The average molecular weight is 240 g/mol. The fraction of sp³-hybridized carbons (Fsp3) is 0.889. The molecule has 1 saturated heterocycles. The minimum atomic E-state index is -4.28. The van der Waals surface area contributed by atoms with Crippen LogP contribution in [0.2, 0.25) is 0 Å². The molecule has 0 aromatic heterocycles. The Hall–Kier alpha value is -0.980. The Morgan fingerprint density at radius 1 is 1.25 bits per heavy atom. The highest BCUT2D eigenvalue weighted by molar-refractivity contribution is 5.67. The molecule has 0 aromatic rings. The van der Waals surface area contributed by atoms with E-state index in [1.165, 1.54) is 4.90 Å². The number of hydrogen-bond acceptors (Lipinski definition) is 3. The Balaban J connectivity index is 2.10. The topological polar surface area (TPSA) is 41.6 Å². The minimum absolute atomic E-state index is 0.408. The van der Waals surface area contributed by atoms with Crippen LogP contribution in [0.1, 0.15) is 19.3 Å². The summed E-state index contributed by atoms with van der Waals surface area (Å²) in [5.74, 6) is 0. The van der Waals surface area contributed by atoms with E-state index in [0.29, 0.717) is 13.1 Å². The SMILES string of the molecule is O=C(OCNCC(F)(F)F)N1CCCCC1. The first-order valence-electron chi connectivity index (χ1n) is 5.18. The number of carbonyl (C=O) groups is 1. The van der Waals surface area contributed by atoms with E-state index in [1.807, 2.05) is 5.32 Å². The predicted molar refractivity (Wildman–Crippen MR) is 50.8 cm³/mol. The largest absolute Gasteiger partial charge is 0.433 e. The van der Waals surface area contributed by atoms with Crippen LogP contribution in [-0.4, -0.2) is 43.5 Å². The van der Waals surface area contributed by atoms with E-state index in [0.717, 1.165) is 19.3 Å². The second kappa shape index (κ2) is 5.93. The highest BCUT2D eigenvalue weighted by Gasteiger charge is 2.26. The van der Waals surface area contributed by atoms with Crippen molar-refractivity contribution in [2.75, 3.05) is 26.4 Å². The number of hydrogen-bond donors (Lipinski definition) is 1. The average Bonchev–Trinajstić information content (AvgIpc) is 2.24. The molecule has 0 aromatic carbocycles. The monoisotopic (exact) mass is 240 g/mol. The zero-order chi connectivity index (χ0) is 12.0. The van der Waals surface area contributed by atoms with Gasteiger partial charge in [-0.2, -0.15) is 13.2 Å². The maximum atomic E-state index is 11.7. The summed E-state index contributed by atoms with van der Waals surface area (Å²) in [6.45, 7) is -0.314. The van der Waals surface area contributed by atoms with E-state index in [4.69, 9.17) is 0 Å². The standard InChI is InChI=1S/C9H15F3N2O2/c10-9(11,12)6-13-7-16-8(15)14-4-2-1-3-5-14/h13H,1-7H2. The van der Waals surface area contributed by atoms with Crippen LogP contribution in [0.15, 0.2) is 0 Å². The van der Waals surface area contributed by atoms with Crippen molar-refractivity contribution < 1.29 is 22.7 Å². The molecule has 0 aliphatic carbocycles. The number of amides is 1. The van der Waals surface area contributed by atoms with Gasteiger partial charge in [-0.25, -0.2) is 4.79 Å². The van der Waals surface area contributed by atoms with E-state index in [9.17, 15) is 18.0 Å². The van der Waals surface area contributed by atoms with Gasteiger partial charge >= 0.3 is 12.3 Å². The second-order valence-corrected chi connectivity index (χ2v) is 3.64. The van der Waals surface area contributed by atoms with Crippen LogP contribution < -0.4 is 5.32 Å². The molecule has 1 rings (SSSR count). The number of ether oxygens (including phenoxy) is 1. The molecule has 1 fully saturated rings. The summed E-state index contributed by atoms with van der Waals surface area (Å²) < 4.78 is 39.8. The Labute approximate surface area is 91.7 Å². The third kappa shape index (κ3) is 5.20. The predicted octanol–water partition coefficient (Wildman–Crippen LogP) is 1.72. The number of nitrogens with zero attached hydrogens (tertiary/aromatic N) is 1. The lowest BCUT2D eigenvalue weighted by Gasteiger charge is -2.25. The zero-order valence-corrected chi connectivity index (χ0v) is 8.85. The summed E-state index contributed by atoms with van der Waals surface area (Å²) in [6, 6.07) is 0. The molecular weight excluding hydrogens is 225 g/mol. The quantitative estimate of drug-likeness (QED) is 0.603. The molecule has 1 amide bonds.